The van der Waals surface area contributed by atoms with Crippen LogP contribution in [0.4, 0.5) is 8.78 Å². The maximum atomic E-state index is 13.3. The Hall–Kier alpha value is -0.850. The molecule has 0 saturated heterocycles. The Morgan fingerprint density at radius 1 is 1.37 bits per heavy atom. The standard InChI is InChI=1S/C13H17F2NO2S/c14-13(15,9-19(17)18)8-16-12-6-5-10-3-1-2-4-11(10)7-12/h1-4,12,16H,5-9H2,(H,17,18). The van der Waals surface area contributed by atoms with Gasteiger partial charge in [-0.2, -0.15) is 0 Å². The first kappa shape index (κ1) is 14.6. The lowest BCUT2D eigenvalue weighted by Crippen LogP contribution is -2.44. The smallest absolute Gasteiger partial charge is 0.273 e. The number of alkyl halides is 2. The van der Waals surface area contributed by atoms with Crippen LogP contribution in [-0.4, -0.2) is 33.0 Å². The largest absolute Gasteiger partial charge is 0.308 e. The van der Waals surface area contributed by atoms with E-state index in [1.807, 2.05) is 18.2 Å². The zero-order valence-corrected chi connectivity index (χ0v) is 11.3. The molecule has 0 amide bonds. The van der Waals surface area contributed by atoms with Gasteiger partial charge in [0, 0.05) is 6.04 Å². The normalized spacial score (nSPS) is 20.9. The third kappa shape index (κ3) is 4.33. The Bertz CT molecular complexity index is 468. The van der Waals surface area contributed by atoms with Gasteiger partial charge in [-0.1, -0.05) is 24.3 Å². The van der Waals surface area contributed by atoms with Crippen molar-refractivity contribution in [3.63, 3.8) is 0 Å². The van der Waals surface area contributed by atoms with Crippen LogP contribution in [0.2, 0.25) is 0 Å². The number of aryl methyl sites for hydroxylation is 1. The van der Waals surface area contributed by atoms with E-state index in [1.165, 1.54) is 11.1 Å². The molecule has 19 heavy (non-hydrogen) atoms. The van der Waals surface area contributed by atoms with E-state index in [9.17, 15) is 13.0 Å². The van der Waals surface area contributed by atoms with Crippen LogP contribution in [0.5, 0.6) is 0 Å². The van der Waals surface area contributed by atoms with Gasteiger partial charge in [-0.05, 0) is 30.4 Å². The van der Waals surface area contributed by atoms with Gasteiger partial charge in [-0.3, -0.25) is 0 Å². The summed E-state index contributed by atoms with van der Waals surface area (Å²) < 4.78 is 45.6. The highest BCUT2D eigenvalue weighted by Gasteiger charge is 2.32. The molecule has 0 radical (unpaired) electrons. The van der Waals surface area contributed by atoms with Crippen LogP contribution in [0, 0.1) is 0 Å². The molecule has 2 atom stereocenters. The van der Waals surface area contributed by atoms with E-state index >= 15 is 0 Å². The van der Waals surface area contributed by atoms with Gasteiger partial charge in [0.25, 0.3) is 5.92 Å². The molecule has 0 spiro atoms. The first-order valence-corrected chi connectivity index (χ1v) is 7.49. The molecule has 0 aliphatic heterocycles. The van der Waals surface area contributed by atoms with Gasteiger partial charge in [0.15, 0.2) is 11.1 Å². The van der Waals surface area contributed by atoms with Crippen LogP contribution in [0.3, 0.4) is 0 Å². The van der Waals surface area contributed by atoms with Gasteiger partial charge in [0.05, 0.1) is 6.54 Å². The number of hydrogen-bond acceptors (Lipinski definition) is 2. The SMILES string of the molecule is O=S(O)CC(F)(F)CNC1CCc2ccccc2C1. The molecule has 2 N–H and O–H groups in total. The van der Waals surface area contributed by atoms with Crippen molar-refractivity contribution >= 4 is 11.1 Å². The summed E-state index contributed by atoms with van der Waals surface area (Å²) in [5.41, 5.74) is 2.48. The van der Waals surface area contributed by atoms with Crippen molar-refractivity contribution in [1.29, 1.82) is 0 Å². The number of fused-ring (bicyclic) bond motifs is 1. The number of benzene rings is 1. The highest BCUT2D eigenvalue weighted by Crippen LogP contribution is 2.22. The first-order chi connectivity index (χ1) is 8.96. The summed E-state index contributed by atoms with van der Waals surface area (Å²) in [6, 6.07) is 8.02. The summed E-state index contributed by atoms with van der Waals surface area (Å²) in [6.45, 7) is -0.549. The molecular weight excluding hydrogens is 272 g/mol. The van der Waals surface area contributed by atoms with Gasteiger partial charge in [-0.25, -0.2) is 13.0 Å². The van der Waals surface area contributed by atoms with E-state index in [4.69, 9.17) is 4.55 Å². The number of hydrogen-bond donors (Lipinski definition) is 2. The average molecular weight is 289 g/mol. The molecule has 3 nitrogen and oxygen atoms in total. The van der Waals surface area contributed by atoms with Gasteiger partial charge >= 0.3 is 0 Å². The summed E-state index contributed by atoms with van der Waals surface area (Å²) in [7, 11) is 0. The van der Waals surface area contributed by atoms with Crippen molar-refractivity contribution in [2.45, 2.75) is 31.2 Å². The molecule has 0 heterocycles. The third-order valence-electron chi connectivity index (χ3n) is 3.33. The van der Waals surface area contributed by atoms with Crippen LogP contribution >= 0.6 is 0 Å². The van der Waals surface area contributed by atoms with Crippen LogP contribution in [0.25, 0.3) is 0 Å². The Kier molecular flexibility index (Phi) is 4.65. The van der Waals surface area contributed by atoms with E-state index in [0.29, 0.717) is 0 Å². The van der Waals surface area contributed by atoms with Gasteiger partial charge < -0.3 is 9.87 Å². The Balaban J connectivity index is 1.87. The molecule has 0 fully saturated rings. The minimum Gasteiger partial charge on any atom is -0.308 e. The number of rotatable bonds is 5. The molecule has 1 aliphatic rings. The molecule has 0 bridgehead atoms. The Morgan fingerprint density at radius 2 is 2.05 bits per heavy atom. The fourth-order valence-electron chi connectivity index (χ4n) is 2.40. The lowest BCUT2D eigenvalue weighted by molar-refractivity contribution is 0.0228. The molecule has 0 saturated carbocycles. The van der Waals surface area contributed by atoms with E-state index in [2.05, 4.69) is 11.4 Å². The maximum Gasteiger partial charge on any atom is 0.273 e. The highest BCUT2D eigenvalue weighted by molar-refractivity contribution is 7.79. The zero-order valence-electron chi connectivity index (χ0n) is 10.4. The summed E-state index contributed by atoms with van der Waals surface area (Å²) >= 11 is -2.47. The topological polar surface area (TPSA) is 49.3 Å². The lowest BCUT2D eigenvalue weighted by atomic mass is 9.88. The molecule has 0 aromatic heterocycles. The predicted octanol–water partition coefficient (Wildman–Crippen LogP) is 1.99. The van der Waals surface area contributed by atoms with Crippen molar-refractivity contribution in [3.05, 3.63) is 35.4 Å². The van der Waals surface area contributed by atoms with E-state index in [1.54, 1.807) is 0 Å². The second kappa shape index (κ2) is 6.07. The quantitative estimate of drug-likeness (QED) is 0.815. The molecule has 1 aromatic rings. The number of nitrogens with one attached hydrogen (secondary N) is 1. The van der Waals surface area contributed by atoms with Crippen molar-refractivity contribution in [1.82, 2.24) is 5.32 Å². The van der Waals surface area contributed by atoms with Gasteiger partial charge in [0.1, 0.15) is 5.75 Å². The van der Waals surface area contributed by atoms with E-state index < -0.39 is 29.3 Å². The monoisotopic (exact) mass is 289 g/mol. The third-order valence-corrected chi connectivity index (χ3v) is 4.00. The summed E-state index contributed by atoms with van der Waals surface area (Å²) in [6.07, 6.45) is 2.43. The van der Waals surface area contributed by atoms with Crippen LogP contribution in [0.15, 0.2) is 24.3 Å². The van der Waals surface area contributed by atoms with Crippen LogP contribution in [0.1, 0.15) is 17.5 Å². The maximum absolute atomic E-state index is 13.3. The number of halogens is 2. The fourth-order valence-corrected chi connectivity index (χ4v) is 2.86. The van der Waals surface area contributed by atoms with Crippen molar-refractivity contribution < 1.29 is 17.5 Å². The summed E-state index contributed by atoms with van der Waals surface area (Å²) in [5.74, 6) is -4.15. The highest BCUT2D eigenvalue weighted by atomic mass is 32.2. The molecule has 106 valence electrons. The first-order valence-electron chi connectivity index (χ1n) is 6.22. The molecular formula is C13H17F2NO2S. The summed E-state index contributed by atoms with van der Waals surface area (Å²) in [4.78, 5) is 0. The van der Waals surface area contributed by atoms with Crippen molar-refractivity contribution in [2.24, 2.45) is 0 Å². The molecule has 6 heteroatoms. The molecule has 1 aromatic carbocycles. The second-order valence-corrected chi connectivity index (χ2v) is 5.84. The fraction of sp³-hybridized carbons (Fsp3) is 0.538. The minimum absolute atomic E-state index is 0.00732. The molecule has 2 unspecified atom stereocenters. The van der Waals surface area contributed by atoms with E-state index in [0.717, 1.165) is 19.3 Å². The molecule has 2 rings (SSSR count). The second-order valence-electron chi connectivity index (χ2n) is 4.91. The Morgan fingerprint density at radius 3 is 2.74 bits per heavy atom. The van der Waals surface area contributed by atoms with Crippen LogP contribution < -0.4 is 5.32 Å². The average Bonchev–Trinajstić information content (AvgIpc) is 2.35. The van der Waals surface area contributed by atoms with Gasteiger partial charge in [0.2, 0.25) is 0 Å². The van der Waals surface area contributed by atoms with Crippen molar-refractivity contribution in [2.75, 3.05) is 12.3 Å². The summed E-state index contributed by atoms with van der Waals surface area (Å²) in [5, 5.41) is 2.81. The van der Waals surface area contributed by atoms with Gasteiger partial charge in [-0.15, -0.1) is 0 Å². The zero-order chi connectivity index (χ0) is 13.9. The minimum atomic E-state index is -3.14. The lowest BCUT2D eigenvalue weighted by Gasteiger charge is -2.27. The van der Waals surface area contributed by atoms with Crippen LogP contribution in [-0.2, 0) is 23.9 Å². The Labute approximate surface area is 113 Å². The molecule has 1 aliphatic carbocycles. The van der Waals surface area contributed by atoms with Crippen molar-refractivity contribution in [3.8, 4) is 0 Å². The predicted molar refractivity (Wildman–Crippen MR) is 70.8 cm³/mol. The van der Waals surface area contributed by atoms with E-state index in [-0.39, 0.29) is 6.04 Å².